The molecule has 140 valence electrons. The van der Waals surface area contributed by atoms with Gasteiger partial charge in [0, 0.05) is 6.07 Å². The van der Waals surface area contributed by atoms with Crippen molar-refractivity contribution in [3.8, 4) is 0 Å². The molecule has 0 unspecified atom stereocenters. The first-order valence-corrected chi connectivity index (χ1v) is 10.8. The number of hydrogen-bond acceptors (Lipinski definition) is 4. The Hall–Kier alpha value is -1.36. The number of benzene rings is 2. The van der Waals surface area contributed by atoms with Gasteiger partial charge < -0.3 is 0 Å². The van der Waals surface area contributed by atoms with Gasteiger partial charge in [-0.2, -0.15) is 0 Å². The smallest absolute Gasteiger partial charge is 0.255 e. The second kappa shape index (κ2) is 7.71. The van der Waals surface area contributed by atoms with Crippen LogP contribution in [-0.4, -0.2) is 16.8 Å². The number of nitrogens with one attached hydrogen (secondary N) is 1. The number of primary sulfonamides is 1. The Balaban J connectivity index is 2.39. The fourth-order valence-electron chi connectivity index (χ4n) is 1.82. The van der Waals surface area contributed by atoms with E-state index in [1.54, 1.807) is 0 Å². The largest absolute Gasteiger partial charge is 0.279 e. The molecule has 0 aliphatic carbocycles. The van der Waals surface area contributed by atoms with Crippen LogP contribution in [0.4, 0.5) is 10.1 Å². The molecule has 0 atom stereocenters. The zero-order valence-corrected chi connectivity index (χ0v) is 16.5. The van der Waals surface area contributed by atoms with E-state index in [0.717, 1.165) is 5.41 Å². The van der Waals surface area contributed by atoms with E-state index in [-0.39, 0.29) is 5.02 Å². The van der Waals surface area contributed by atoms with Crippen LogP contribution in [-0.2, 0) is 20.0 Å². The third-order valence-corrected chi connectivity index (χ3v) is 5.94. The van der Waals surface area contributed by atoms with Crippen LogP contribution >= 0.6 is 34.8 Å². The Morgan fingerprint density at radius 2 is 1.62 bits per heavy atom. The van der Waals surface area contributed by atoms with Gasteiger partial charge in [0.1, 0.15) is 10.7 Å². The molecule has 12 heteroatoms. The van der Waals surface area contributed by atoms with E-state index in [1.807, 2.05) is 4.72 Å². The van der Waals surface area contributed by atoms with Gasteiger partial charge in [-0.3, -0.25) is 4.72 Å². The second-order valence-electron chi connectivity index (χ2n) is 4.93. The maximum Gasteiger partial charge on any atom is 0.255 e. The molecular formula is C14H10Cl3FN2O4S2. The first kappa shape index (κ1) is 20.9. The van der Waals surface area contributed by atoms with Gasteiger partial charge >= 0.3 is 0 Å². The van der Waals surface area contributed by atoms with Crippen molar-refractivity contribution in [1.82, 2.24) is 0 Å². The summed E-state index contributed by atoms with van der Waals surface area (Å²) in [5.74, 6) is -1.02. The molecule has 0 aromatic heterocycles. The monoisotopic (exact) mass is 458 g/mol. The Bertz CT molecular complexity index is 1100. The molecule has 0 aliphatic rings. The highest BCUT2D eigenvalue weighted by molar-refractivity contribution is 7.95. The Morgan fingerprint density at radius 3 is 2.19 bits per heavy atom. The molecule has 0 fully saturated rings. The third-order valence-electron chi connectivity index (χ3n) is 2.96. The molecule has 2 aromatic rings. The van der Waals surface area contributed by atoms with Crippen LogP contribution < -0.4 is 9.86 Å². The Labute approximate surface area is 164 Å². The number of halogens is 4. The first-order chi connectivity index (χ1) is 11.9. The van der Waals surface area contributed by atoms with Crippen LogP contribution in [0.5, 0.6) is 0 Å². The zero-order chi connectivity index (χ0) is 19.7. The first-order valence-electron chi connectivity index (χ1n) is 6.57. The highest BCUT2D eigenvalue weighted by atomic mass is 35.5. The molecule has 0 radical (unpaired) electrons. The van der Waals surface area contributed by atoms with Gasteiger partial charge in [-0.05, 0) is 29.8 Å². The summed E-state index contributed by atoms with van der Waals surface area (Å²) in [6.45, 7) is 0. The topological polar surface area (TPSA) is 106 Å². The van der Waals surface area contributed by atoms with Crippen molar-refractivity contribution >= 4 is 66.6 Å². The SMILES string of the molecule is NS(=O)(=O)c1cc(Cl)c(F)cc1NS(=O)(=O)C=Cc1ccc(Cl)c(Cl)c1. The van der Waals surface area contributed by atoms with E-state index in [1.165, 1.54) is 24.3 Å². The summed E-state index contributed by atoms with van der Waals surface area (Å²) < 4.78 is 63.0. The van der Waals surface area contributed by atoms with Crippen LogP contribution in [0.2, 0.25) is 15.1 Å². The Kier molecular flexibility index (Phi) is 6.21. The predicted octanol–water partition coefficient (Wildman–Crippen LogP) is 3.85. The Morgan fingerprint density at radius 1 is 0.962 bits per heavy atom. The molecule has 2 rings (SSSR count). The lowest BCUT2D eigenvalue weighted by Gasteiger charge is -2.10. The van der Waals surface area contributed by atoms with E-state index in [4.69, 9.17) is 39.9 Å². The summed E-state index contributed by atoms with van der Waals surface area (Å²) >= 11 is 17.1. The van der Waals surface area contributed by atoms with Gasteiger partial charge in [-0.25, -0.2) is 26.4 Å². The second-order valence-corrected chi connectivity index (χ2v) is 9.25. The highest BCUT2D eigenvalue weighted by Gasteiger charge is 2.20. The fraction of sp³-hybridized carbons (Fsp3) is 0. The van der Waals surface area contributed by atoms with Gasteiger partial charge in [-0.1, -0.05) is 40.9 Å². The summed E-state index contributed by atoms with van der Waals surface area (Å²) in [6.07, 6.45) is 1.19. The van der Waals surface area contributed by atoms with Crippen LogP contribution in [0.1, 0.15) is 5.56 Å². The number of rotatable bonds is 5. The van der Waals surface area contributed by atoms with Crippen molar-refractivity contribution in [1.29, 1.82) is 0 Å². The highest BCUT2D eigenvalue weighted by Crippen LogP contribution is 2.28. The molecule has 0 heterocycles. The number of nitrogens with two attached hydrogens (primary N) is 1. The van der Waals surface area contributed by atoms with Gasteiger partial charge in [0.25, 0.3) is 10.0 Å². The summed E-state index contributed by atoms with van der Waals surface area (Å²) in [5, 5.41) is 5.73. The maximum absolute atomic E-state index is 13.6. The molecule has 0 saturated heterocycles. The lowest BCUT2D eigenvalue weighted by molar-refractivity contribution is 0.597. The average Bonchev–Trinajstić information content (AvgIpc) is 2.50. The van der Waals surface area contributed by atoms with Gasteiger partial charge in [0.2, 0.25) is 10.0 Å². The normalized spacial score (nSPS) is 12.5. The third kappa shape index (κ3) is 5.32. The van der Waals surface area contributed by atoms with Gasteiger partial charge in [0.15, 0.2) is 0 Å². The minimum Gasteiger partial charge on any atom is -0.279 e. The molecular weight excluding hydrogens is 450 g/mol. The molecule has 26 heavy (non-hydrogen) atoms. The van der Waals surface area contributed by atoms with Gasteiger partial charge in [0.05, 0.1) is 26.2 Å². The molecule has 0 aliphatic heterocycles. The van der Waals surface area contributed by atoms with E-state index in [0.29, 0.717) is 22.7 Å². The number of anilines is 1. The average molecular weight is 460 g/mol. The minimum absolute atomic E-state index is 0.218. The lowest BCUT2D eigenvalue weighted by Crippen LogP contribution is -2.17. The minimum atomic E-state index is -4.36. The lowest BCUT2D eigenvalue weighted by atomic mass is 10.2. The standard InChI is InChI=1S/C14H10Cl3FN2O4S2/c15-9-2-1-8(5-10(9)16)3-4-25(21,22)20-13-7-12(18)11(17)6-14(13)26(19,23)24/h1-7,20H,(H2,19,23,24). The summed E-state index contributed by atoms with van der Waals surface area (Å²) in [4.78, 5) is -0.671. The van der Waals surface area contributed by atoms with Crippen molar-refractivity contribution in [3.63, 3.8) is 0 Å². The molecule has 0 spiro atoms. The molecule has 0 saturated carbocycles. The summed E-state index contributed by atoms with van der Waals surface area (Å²) in [5.41, 5.74) is -0.160. The van der Waals surface area contributed by atoms with Gasteiger partial charge in [-0.15, -0.1) is 0 Å². The molecule has 6 nitrogen and oxygen atoms in total. The fourth-order valence-corrected chi connectivity index (χ4v) is 3.99. The van der Waals surface area contributed by atoms with E-state index < -0.39 is 41.5 Å². The molecule has 0 bridgehead atoms. The predicted molar refractivity (Wildman–Crippen MR) is 101 cm³/mol. The number of sulfonamides is 2. The molecule has 3 N–H and O–H groups in total. The molecule has 0 amide bonds. The summed E-state index contributed by atoms with van der Waals surface area (Å²) in [7, 11) is -8.56. The van der Waals surface area contributed by atoms with E-state index in [9.17, 15) is 21.2 Å². The van der Waals surface area contributed by atoms with Crippen LogP contribution in [0.25, 0.3) is 6.08 Å². The van der Waals surface area contributed by atoms with Crippen molar-refractivity contribution < 1.29 is 21.2 Å². The quantitative estimate of drug-likeness (QED) is 0.708. The van der Waals surface area contributed by atoms with E-state index >= 15 is 0 Å². The summed E-state index contributed by atoms with van der Waals surface area (Å²) in [6, 6.07) is 5.74. The van der Waals surface area contributed by atoms with Crippen molar-refractivity contribution in [2.75, 3.05) is 4.72 Å². The zero-order valence-electron chi connectivity index (χ0n) is 12.6. The number of hydrogen-bond donors (Lipinski definition) is 2. The van der Waals surface area contributed by atoms with E-state index in [2.05, 4.69) is 0 Å². The van der Waals surface area contributed by atoms with Crippen LogP contribution in [0.15, 0.2) is 40.6 Å². The van der Waals surface area contributed by atoms with Crippen molar-refractivity contribution in [2.45, 2.75) is 4.90 Å². The maximum atomic E-state index is 13.6. The molecule has 2 aromatic carbocycles. The van der Waals surface area contributed by atoms with Crippen molar-refractivity contribution in [3.05, 3.63) is 62.2 Å². The van der Waals surface area contributed by atoms with Crippen molar-refractivity contribution in [2.24, 2.45) is 5.14 Å². The van der Waals surface area contributed by atoms with Crippen LogP contribution in [0.3, 0.4) is 0 Å². The van der Waals surface area contributed by atoms with Crippen LogP contribution in [0, 0.1) is 5.82 Å².